The Bertz CT molecular complexity index is 1570. The molecule has 244 valence electrons. The van der Waals surface area contributed by atoms with Crippen LogP contribution in [0.1, 0.15) is 38.7 Å². The Morgan fingerprint density at radius 3 is 2.16 bits per heavy atom. The predicted octanol–water partition coefficient (Wildman–Crippen LogP) is 5.42. The van der Waals surface area contributed by atoms with Crippen LogP contribution in [0.2, 0.25) is 5.02 Å². The molecule has 45 heavy (non-hydrogen) atoms. The van der Waals surface area contributed by atoms with Gasteiger partial charge in [-0.2, -0.15) is 0 Å². The fourth-order valence-corrected chi connectivity index (χ4v) is 6.29. The summed E-state index contributed by atoms with van der Waals surface area (Å²) in [4.78, 5) is 28.7. The summed E-state index contributed by atoms with van der Waals surface area (Å²) in [6, 6.07) is 13.0. The van der Waals surface area contributed by atoms with Crippen molar-refractivity contribution in [2.24, 2.45) is 0 Å². The molecule has 0 unspecified atom stereocenters. The van der Waals surface area contributed by atoms with Crippen molar-refractivity contribution in [3.63, 3.8) is 0 Å². The molecule has 2 amide bonds. The van der Waals surface area contributed by atoms with Crippen LogP contribution in [-0.4, -0.2) is 65.6 Å². The number of halogens is 2. The highest BCUT2D eigenvalue weighted by Crippen LogP contribution is 2.37. The lowest BCUT2D eigenvalue weighted by molar-refractivity contribution is -0.140. The van der Waals surface area contributed by atoms with Crippen LogP contribution in [0.4, 0.5) is 10.1 Å². The molecule has 0 radical (unpaired) electrons. The molecular weight excluding hydrogens is 625 g/mol. The quantitative estimate of drug-likeness (QED) is 0.204. The van der Waals surface area contributed by atoms with Gasteiger partial charge >= 0.3 is 0 Å². The number of rotatable bonds is 16. The van der Waals surface area contributed by atoms with Crippen LogP contribution < -0.4 is 23.8 Å². The molecule has 0 fully saturated rings. The third kappa shape index (κ3) is 8.79. The van der Waals surface area contributed by atoms with E-state index in [1.807, 2.05) is 6.92 Å². The van der Waals surface area contributed by atoms with E-state index in [-0.39, 0.29) is 46.0 Å². The first-order valence-corrected chi connectivity index (χ1v) is 16.2. The molecular formula is C32H39ClFN3O7S. The number of sulfonamides is 1. The summed E-state index contributed by atoms with van der Waals surface area (Å²) >= 11 is 6.30. The maximum atomic E-state index is 14.3. The van der Waals surface area contributed by atoms with Crippen LogP contribution in [0.25, 0.3) is 0 Å². The Balaban J connectivity index is 2.15. The zero-order valence-electron chi connectivity index (χ0n) is 26.0. The van der Waals surface area contributed by atoms with Gasteiger partial charge < -0.3 is 24.4 Å². The van der Waals surface area contributed by atoms with E-state index in [9.17, 15) is 22.4 Å². The highest BCUT2D eigenvalue weighted by atomic mass is 35.5. The number of nitrogens with zero attached hydrogens (tertiary/aromatic N) is 2. The van der Waals surface area contributed by atoms with Gasteiger partial charge in [0.15, 0.2) is 11.5 Å². The van der Waals surface area contributed by atoms with Gasteiger partial charge in [-0.15, -0.1) is 0 Å². The molecule has 0 saturated carbocycles. The number of hydrogen-bond donors (Lipinski definition) is 1. The first-order valence-electron chi connectivity index (χ1n) is 14.4. The summed E-state index contributed by atoms with van der Waals surface area (Å²) in [7, 11) is -0.314. The number of benzene rings is 3. The summed E-state index contributed by atoms with van der Waals surface area (Å²) in [5.74, 6) is -0.897. The number of anilines is 1. The molecule has 0 bridgehead atoms. The van der Waals surface area contributed by atoms with Crippen LogP contribution >= 0.6 is 11.6 Å². The van der Waals surface area contributed by atoms with Gasteiger partial charge in [-0.1, -0.05) is 44.0 Å². The van der Waals surface area contributed by atoms with Crippen LogP contribution in [0.3, 0.4) is 0 Å². The number of carbonyl (C=O) groups excluding carboxylic acids is 2. The topological polar surface area (TPSA) is 114 Å². The van der Waals surface area contributed by atoms with E-state index in [1.165, 1.54) is 86.9 Å². The number of ether oxygens (including phenoxy) is 3. The fraction of sp³-hybridized carbons (Fsp3) is 0.375. The van der Waals surface area contributed by atoms with E-state index in [2.05, 4.69) is 5.32 Å². The lowest BCUT2D eigenvalue weighted by Crippen LogP contribution is -2.52. The minimum Gasteiger partial charge on any atom is -0.495 e. The Hall–Kier alpha value is -4.03. The molecule has 0 aliphatic carbocycles. The molecule has 3 aromatic carbocycles. The molecule has 13 heteroatoms. The van der Waals surface area contributed by atoms with Crippen molar-refractivity contribution in [3.8, 4) is 17.2 Å². The second-order valence-corrected chi connectivity index (χ2v) is 12.4. The van der Waals surface area contributed by atoms with E-state index in [0.717, 1.165) is 17.1 Å². The first-order chi connectivity index (χ1) is 21.5. The monoisotopic (exact) mass is 663 g/mol. The third-order valence-corrected chi connectivity index (χ3v) is 9.10. The van der Waals surface area contributed by atoms with Gasteiger partial charge in [0.25, 0.3) is 10.0 Å². The molecule has 1 N–H and O–H groups in total. The number of hydrogen-bond acceptors (Lipinski definition) is 7. The summed E-state index contributed by atoms with van der Waals surface area (Å²) < 4.78 is 59.3. The molecule has 0 aromatic heterocycles. The maximum absolute atomic E-state index is 14.3. The van der Waals surface area contributed by atoms with Crippen LogP contribution in [0.5, 0.6) is 17.2 Å². The first kappa shape index (κ1) is 35.4. The van der Waals surface area contributed by atoms with Crippen molar-refractivity contribution in [2.45, 2.75) is 50.6 Å². The number of carbonyl (C=O) groups is 2. The van der Waals surface area contributed by atoms with Gasteiger partial charge in [0.1, 0.15) is 24.2 Å². The van der Waals surface area contributed by atoms with Gasteiger partial charge in [-0.05, 0) is 60.9 Å². The zero-order chi connectivity index (χ0) is 33.1. The fourth-order valence-electron chi connectivity index (χ4n) is 4.69. The SMILES string of the molecule is CCCCNC(=O)[C@@H](CC)N(Cc1ccc(F)cc1)C(=O)CN(c1cc(Cl)ccc1OC)S(=O)(=O)c1ccc(OC)c(OC)c1. The van der Waals surface area contributed by atoms with Gasteiger partial charge in [-0.3, -0.25) is 13.9 Å². The number of unbranched alkanes of at least 4 members (excludes halogenated alkanes) is 1. The summed E-state index contributed by atoms with van der Waals surface area (Å²) in [6.07, 6.45) is 1.85. The number of amides is 2. The van der Waals surface area contributed by atoms with Crippen molar-refractivity contribution in [2.75, 3.05) is 38.7 Å². The van der Waals surface area contributed by atoms with Gasteiger partial charge in [-0.25, -0.2) is 12.8 Å². The minimum absolute atomic E-state index is 0.00955. The zero-order valence-corrected chi connectivity index (χ0v) is 27.6. The van der Waals surface area contributed by atoms with Gasteiger partial charge in [0.2, 0.25) is 11.8 Å². The second-order valence-electron chi connectivity index (χ2n) is 10.1. The lowest BCUT2D eigenvalue weighted by atomic mass is 10.1. The van der Waals surface area contributed by atoms with Crippen molar-refractivity contribution >= 4 is 39.1 Å². The highest BCUT2D eigenvalue weighted by molar-refractivity contribution is 7.92. The molecule has 0 aliphatic heterocycles. The van der Waals surface area contributed by atoms with Crippen molar-refractivity contribution < 1.29 is 36.6 Å². The van der Waals surface area contributed by atoms with Crippen LogP contribution in [0, 0.1) is 5.82 Å². The maximum Gasteiger partial charge on any atom is 0.265 e. The molecule has 0 saturated heterocycles. The Kier molecular flexibility index (Phi) is 12.9. The van der Waals surface area contributed by atoms with Crippen LogP contribution in [-0.2, 0) is 26.2 Å². The Morgan fingerprint density at radius 2 is 1.56 bits per heavy atom. The average molecular weight is 664 g/mol. The van der Waals surface area contributed by atoms with Crippen molar-refractivity contribution in [1.82, 2.24) is 10.2 Å². The van der Waals surface area contributed by atoms with E-state index >= 15 is 0 Å². The summed E-state index contributed by atoms with van der Waals surface area (Å²) in [5.41, 5.74) is 0.564. The third-order valence-electron chi connectivity index (χ3n) is 7.11. The van der Waals surface area contributed by atoms with E-state index in [0.29, 0.717) is 17.9 Å². The molecule has 0 spiro atoms. The molecule has 3 aromatic rings. The largest absolute Gasteiger partial charge is 0.495 e. The summed E-state index contributed by atoms with van der Waals surface area (Å²) in [6.45, 7) is 3.38. The average Bonchev–Trinajstić information content (AvgIpc) is 3.03. The molecule has 3 rings (SSSR count). The van der Waals surface area contributed by atoms with E-state index in [4.69, 9.17) is 25.8 Å². The summed E-state index contributed by atoms with van der Waals surface area (Å²) in [5, 5.41) is 3.07. The molecule has 10 nitrogen and oxygen atoms in total. The van der Waals surface area contributed by atoms with Gasteiger partial charge in [0.05, 0.1) is 31.9 Å². The molecule has 0 heterocycles. The minimum atomic E-state index is -4.48. The predicted molar refractivity (Wildman–Crippen MR) is 171 cm³/mol. The number of methoxy groups -OCH3 is 3. The van der Waals surface area contributed by atoms with Gasteiger partial charge in [0, 0.05) is 24.2 Å². The molecule has 1 atom stereocenters. The Morgan fingerprint density at radius 1 is 0.911 bits per heavy atom. The normalized spacial score (nSPS) is 11.8. The van der Waals surface area contributed by atoms with Crippen LogP contribution in [0.15, 0.2) is 65.6 Å². The van der Waals surface area contributed by atoms with Crippen molar-refractivity contribution in [1.29, 1.82) is 0 Å². The smallest absolute Gasteiger partial charge is 0.265 e. The van der Waals surface area contributed by atoms with Crippen molar-refractivity contribution in [3.05, 3.63) is 77.1 Å². The standard InChI is InChI=1S/C32H39ClFN3O7S/c1-6-8-17-35-32(39)26(7-2)36(20-22-9-12-24(34)13-10-22)31(38)21-37(27-18-23(33)11-15-28(27)42-3)45(40,41)25-14-16-29(43-4)30(19-25)44-5/h9-16,18-19,26H,6-8,17,20-21H2,1-5H3,(H,35,39)/t26-/m1/s1. The molecule has 0 aliphatic rings. The Labute approximate surface area is 269 Å². The van der Waals surface area contributed by atoms with E-state index < -0.39 is 34.3 Å². The highest BCUT2D eigenvalue weighted by Gasteiger charge is 2.35. The number of nitrogens with one attached hydrogen (secondary N) is 1. The van der Waals surface area contributed by atoms with E-state index in [1.54, 1.807) is 6.92 Å². The second kappa shape index (κ2) is 16.3. The lowest BCUT2D eigenvalue weighted by Gasteiger charge is -2.33.